The Hall–Kier alpha value is -2.91. The van der Waals surface area contributed by atoms with Crippen molar-refractivity contribution in [1.82, 2.24) is 15.6 Å². The van der Waals surface area contributed by atoms with E-state index in [4.69, 9.17) is 0 Å². The number of carbonyl (C=O) groups is 2. The summed E-state index contributed by atoms with van der Waals surface area (Å²) >= 11 is 3.17. The highest BCUT2D eigenvalue weighted by molar-refractivity contribution is 8.01. The molecule has 0 saturated carbocycles. The number of benzene rings is 2. The van der Waals surface area contributed by atoms with Gasteiger partial charge in [0.1, 0.15) is 5.82 Å². The minimum atomic E-state index is -0.475. The van der Waals surface area contributed by atoms with Gasteiger partial charge in [0.25, 0.3) is 0 Å². The van der Waals surface area contributed by atoms with Crippen LogP contribution in [0.3, 0.4) is 0 Å². The van der Waals surface area contributed by atoms with E-state index in [1.165, 1.54) is 12.1 Å². The lowest BCUT2D eigenvalue weighted by Gasteiger charge is -2.11. The molecule has 9 heteroatoms. The fourth-order valence-electron chi connectivity index (χ4n) is 2.52. The molecule has 0 spiro atoms. The summed E-state index contributed by atoms with van der Waals surface area (Å²) in [6.45, 7) is 3.95. The fraction of sp³-hybridized carbons (Fsp3) is 0.190. The highest BCUT2D eigenvalue weighted by Crippen LogP contribution is 2.32. The van der Waals surface area contributed by atoms with Crippen molar-refractivity contribution in [3.8, 4) is 0 Å². The number of aromatic nitrogens is 1. The molecule has 3 N–H and O–H groups in total. The highest BCUT2D eigenvalue weighted by atomic mass is 32.2. The summed E-state index contributed by atoms with van der Waals surface area (Å²) in [5.74, 6) is -0.661. The molecular formula is C21H21FN4O2S2. The third-order valence-corrected chi connectivity index (χ3v) is 6.10. The first-order valence-electron chi connectivity index (χ1n) is 9.15. The minimum absolute atomic E-state index is 0.163. The second-order valence-corrected chi connectivity index (χ2v) is 8.72. The predicted molar refractivity (Wildman–Crippen MR) is 117 cm³/mol. The number of carbonyl (C=O) groups excluding carboxylic acids is 2. The zero-order valence-electron chi connectivity index (χ0n) is 16.5. The van der Waals surface area contributed by atoms with Gasteiger partial charge in [0.15, 0.2) is 4.34 Å². The Morgan fingerprint density at radius 2 is 1.87 bits per heavy atom. The van der Waals surface area contributed by atoms with Gasteiger partial charge in [0.2, 0.25) is 5.91 Å². The van der Waals surface area contributed by atoms with E-state index in [9.17, 15) is 14.0 Å². The Morgan fingerprint density at radius 1 is 1.10 bits per heavy atom. The quantitative estimate of drug-likeness (QED) is 0.501. The lowest BCUT2D eigenvalue weighted by molar-refractivity contribution is -0.115. The molecule has 1 heterocycles. The van der Waals surface area contributed by atoms with Gasteiger partial charge in [-0.1, -0.05) is 23.9 Å². The molecule has 0 unspecified atom stereocenters. The van der Waals surface area contributed by atoms with E-state index < -0.39 is 6.03 Å². The lowest BCUT2D eigenvalue weighted by atomic mass is 10.2. The van der Waals surface area contributed by atoms with Crippen molar-refractivity contribution < 1.29 is 14.0 Å². The largest absolute Gasteiger partial charge is 0.334 e. The van der Waals surface area contributed by atoms with Crippen LogP contribution >= 0.6 is 23.1 Å². The third kappa shape index (κ3) is 6.57. The van der Waals surface area contributed by atoms with E-state index in [0.29, 0.717) is 5.69 Å². The number of hydrogen-bond donors (Lipinski definition) is 3. The van der Waals surface area contributed by atoms with Gasteiger partial charge in [-0.05, 0) is 55.3 Å². The number of hydrogen-bond acceptors (Lipinski definition) is 5. The summed E-state index contributed by atoms with van der Waals surface area (Å²) in [4.78, 5) is 29.5. The first-order chi connectivity index (χ1) is 14.4. The maximum Gasteiger partial charge on any atom is 0.315 e. The Bertz CT molecular complexity index is 1040. The topological polar surface area (TPSA) is 83.1 Å². The average Bonchev–Trinajstić information content (AvgIpc) is 3.12. The van der Waals surface area contributed by atoms with Crippen molar-refractivity contribution in [3.63, 3.8) is 0 Å². The van der Waals surface area contributed by atoms with Gasteiger partial charge in [-0.3, -0.25) is 4.79 Å². The van der Waals surface area contributed by atoms with Crippen molar-refractivity contribution in [3.05, 3.63) is 70.5 Å². The summed E-state index contributed by atoms with van der Waals surface area (Å²) in [7, 11) is 0. The van der Waals surface area contributed by atoms with E-state index in [2.05, 4.69) is 20.9 Å². The molecule has 0 bridgehead atoms. The number of nitrogens with zero attached hydrogens (tertiary/aromatic N) is 1. The molecule has 3 rings (SSSR count). The molecule has 0 saturated heterocycles. The van der Waals surface area contributed by atoms with E-state index in [1.807, 2.05) is 37.4 Å². The highest BCUT2D eigenvalue weighted by Gasteiger charge is 2.09. The van der Waals surface area contributed by atoms with Crippen LogP contribution in [0.25, 0.3) is 0 Å². The Morgan fingerprint density at radius 3 is 2.53 bits per heavy atom. The summed E-state index contributed by atoms with van der Waals surface area (Å²) in [6.07, 6.45) is 0. The molecule has 6 nitrogen and oxygen atoms in total. The van der Waals surface area contributed by atoms with Crippen LogP contribution in [0.15, 0.2) is 57.1 Å². The number of urea groups is 1. The third-order valence-electron chi connectivity index (χ3n) is 4.05. The number of aryl methyl sites for hydroxylation is 2. The normalized spacial score (nSPS) is 10.5. The smallest absolute Gasteiger partial charge is 0.315 e. The Balaban J connectivity index is 1.44. The van der Waals surface area contributed by atoms with Gasteiger partial charge in [0.05, 0.1) is 6.54 Å². The van der Waals surface area contributed by atoms with Crippen LogP contribution in [0.4, 0.5) is 14.9 Å². The molecule has 3 aromatic rings. The first kappa shape index (κ1) is 21.8. The zero-order valence-corrected chi connectivity index (χ0v) is 18.1. The van der Waals surface area contributed by atoms with E-state index in [1.54, 1.807) is 35.2 Å². The number of thiazole rings is 1. The van der Waals surface area contributed by atoms with Crippen molar-refractivity contribution in [2.45, 2.75) is 29.6 Å². The van der Waals surface area contributed by atoms with E-state index in [0.717, 1.165) is 26.1 Å². The number of anilines is 1. The SMILES string of the molecule is Cc1csc(Sc2ccc(NC(=O)CNC(=O)NCc3ccc(F)cc3)c(C)c2)n1. The fourth-order valence-corrected chi connectivity index (χ4v) is 4.43. The number of rotatable bonds is 7. The van der Waals surface area contributed by atoms with Gasteiger partial charge < -0.3 is 16.0 Å². The summed E-state index contributed by atoms with van der Waals surface area (Å²) in [6, 6.07) is 11.1. The van der Waals surface area contributed by atoms with Crippen molar-refractivity contribution in [2.75, 3.05) is 11.9 Å². The summed E-state index contributed by atoms with van der Waals surface area (Å²) in [5, 5.41) is 9.93. The van der Waals surface area contributed by atoms with E-state index >= 15 is 0 Å². The van der Waals surface area contributed by atoms with Crippen molar-refractivity contribution >= 4 is 40.7 Å². The zero-order chi connectivity index (χ0) is 21.5. The van der Waals surface area contributed by atoms with Crippen molar-refractivity contribution in [2.24, 2.45) is 0 Å². The molecule has 2 aromatic carbocycles. The standard InChI is InChI=1S/C21H21FN4O2S2/c1-13-9-17(30-21-25-14(2)12-29-21)7-8-18(13)26-19(27)11-24-20(28)23-10-15-3-5-16(22)6-4-15/h3-9,12H,10-11H2,1-2H3,(H,26,27)(H2,23,24,28). The first-order valence-corrected chi connectivity index (χ1v) is 10.9. The lowest BCUT2D eigenvalue weighted by Crippen LogP contribution is -2.39. The molecule has 0 aliphatic carbocycles. The second kappa shape index (κ2) is 10.2. The van der Waals surface area contributed by atoms with Crippen LogP contribution < -0.4 is 16.0 Å². The monoisotopic (exact) mass is 444 g/mol. The molecule has 156 valence electrons. The molecule has 1 aromatic heterocycles. The number of amides is 3. The van der Waals surface area contributed by atoms with Gasteiger partial charge in [-0.25, -0.2) is 14.2 Å². The second-order valence-electron chi connectivity index (χ2n) is 6.54. The minimum Gasteiger partial charge on any atom is -0.334 e. The summed E-state index contributed by atoms with van der Waals surface area (Å²) in [5.41, 5.74) is 3.37. The van der Waals surface area contributed by atoms with Gasteiger partial charge >= 0.3 is 6.03 Å². The van der Waals surface area contributed by atoms with Gasteiger partial charge in [0, 0.05) is 28.2 Å². The molecule has 0 atom stereocenters. The Labute approximate surface area is 182 Å². The van der Waals surface area contributed by atoms with Crippen LogP contribution in [0.1, 0.15) is 16.8 Å². The van der Waals surface area contributed by atoms with Gasteiger partial charge in [-0.15, -0.1) is 11.3 Å². The van der Waals surface area contributed by atoms with Crippen molar-refractivity contribution in [1.29, 1.82) is 0 Å². The van der Waals surface area contributed by atoms with Crippen LogP contribution in [0.2, 0.25) is 0 Å². The summed E-state index contributed by atoms with van der Waals surface area (Å²) < 4.78 is 13.8. The van der Waals surface area contributed by atoms with E-state index in [-0.39, 0.29) is 24.8 Å². The van der Waals surface area contributed by atoms with Crippen LogP contribution in [-0.2, 0) is 11.3 Å². The molecule has 0 radical (unpaired) electrons. The predicted octanol–water partition coefficient (Wildman–Crippen LogP) is 4.49. The van der Waals surface area contributed by atoms with Crippen LogP contribution in [0.5, 0.6) is 0 Å². The average molecular weight is 445 g/mol. The maximum absolute atomic E-state index is 12.9. The molecular weight excluding hydrogens is 423 g/mol. The molecule has 0 aliphatic heterocycles. The molecule has 0 fully saturated rings. The van der Waals surface area contributed by atoms with Crippen LogP contribution in [-0.4, -0.2) is 23.5 Å². The van der Waals surface area contributed by atoms with Crippen LogP contribution in [0, 0.1) is 19.7 Å². The number of halogens is 1. The number of nitrogens with one attached hydrogen (secondary N) is 3. The maximum atomic E-state index is 12.9. The molecule has 3 amide bonds. The molecule has 30 heavy (non-hydrogen) atoms. The van der Waals surface area contributed by atoms with Gasteiger partial charge in [-0.2, -0.15) is 0 Å². The molecule has 0 aliphatic rings. The Kier molecular flexibility index (Phi) is 7.42.